The molecule has 0 aliphatic rings. The summed E-state index contributed by atoms with van der Waals surface area (Å²) < 4.78 is 51.9. The molecule has 0 aliphatic heterocycles. The Balaban J connectivity index is 2.29. The van der Waals surface area contributed by atoms with Gasteiger partial charge in [0.05, 0.1) is 0 Å². The van der Waals surface area contributed by atoms with Gasteiger partial charge < -0.3 is 14.0 Å². The summed E-state index contributed by atoms with van der Waals surface area (Å²) in [6.45, 7) is 1.72. The molecule has 0 bridgehead atoms. The highest BCUT2D eigenvalue weighted by Crippen LogP contribution is 2.30. The first-order chi connectivity index (χ1) is 9.80. The molecule has 0 atom stereocenters. The van der Waals surface area contributed by atoms with Gasteiger partial charge >= 0.3 is 12.1 Å². The molecule has 0 radical (unpaired) electrons. The van der Waals surface area contributed by atoms with Gasteiger partial charge in [-0.05, 0) is 6.92 Å². The summed E-state index contributed by atoms with van der Waals surface area (Å²) in [7, 11) is 2.98. The van der Waals surface area contributed by atoms with Gasteiger partial charge in [0, 0.05) is 25.3 Å². The van der Waals surface area contributed by atoms with Crippen LogP contribution in [-0.2, 0) is 21.4 Å². The monoisotopic (exact) mass is 302 g/mol. The second-order valence-corrected chi connectivity index (χ2v) is 4.35. The van der Waals surface area contributed by atoms with Crippen molar-refractivity contribution in [1.29, 1.82) is 0 Å². The molecule has 0 saturated carbocycles. The average Bonchev–Trinajstić information content (AvgIpc) is 2.96. The molecule has 0 amide bonds. The van der Waals surface area contributed by atoms with E-state index in [1.165, 1.54) is 14.2 Å². The molecule has 1 aromatic heterocycles. The number of hydrogen-bond acceptors (Lipinski definition) is 5. The van der Waals surface area contributed by atoms with Crippen LogP contribution in [0.3, 0.4) is 0 Å². The Labute approximate surface area is 118 Å². The van der Waals surface area contributed by atoms with Crippen LogP contribution in [0.5, 0.6) is 0 Å². The van der Waals surface area contributed by atoms with Crippen molar-refractivity contribution in [3.05, 3.63) is 35.7 Å². The second kappa shape index (κ2) is 5.45. The van der Waals surface area contributed by atoms with Crippen LogP contribution in [0, 0.1) is 0 Å². The van der Waals surface area contributed by atoms with E-state index in [2.05, 4.69) is 14.7 Å². The third-order valence-electron chi connectivity index (χ3n) is 3.12. The van der Waals surface area contributed by atoms with Gasteiger partial charge in [0.2, 0.25) is 5.82 Å². The number of hydrogen-bond donors (Lipinski definition) is 0. The highest BCUT2D eigenvalue weighted by molar-refractivity contribution is 5.55. The van der Waals surface area contributed by atoms with E-state index in [0.29, 0.717) is 11.1 Å². The third kappa shape index (κ3) is 3.06. The van der Waals surface area contributed by atoms with Crippen molar-refractivity contribution in [2.24, 2.45) is 0 Å². The van der Waals surface area contributed by atoms with E-state index in [9.17, 15) is 13.2 Å². The van der Waals surface area contributed by atoms with Crippen LogP contribution in [0.2, 0.25) is 0 Å². The Kier molecular flexibility index (Phi) is 4.02. The summed E-state index contributed by atoms with van der Waals surface area (Å²) in [5, 5.41) is 3.32. The number of methoxy groups -OCH3 is 2. The molecule has 0 aliphatic carbocycles. The molecule has 0 fully saturated rings. The number of rotatable bonds is 4. The van der Waals surface area contributed by atoms with E-state index in [1.54, 1.807) is 31.2 Å². The van der Waals surface area contributed by atoms with Gasteiger partial charge in [-0.1, -0.05) is 29.4 Å². The second-order valence-electron chi connectivity index (χ2n) is 4.35. The lowest BCUT2D eigenvalue weighted by Gasteiger charge is -2.26. The van der Waals surface area contributed by atoms with Gasteiger partial charge in [-0.15, -0.1) is 0 Å². The molecular formula is C13H13F3N2O3. The van der Waals surface area contributed by atoms with E-state index in [1.807, 2.05) is 0 Å². The van der Waals surface area contributed by atoms with Crippen LogP contribution >= 0.6 is 0 Å². The standard InChI is InChI=1S/C13H13F3N2O3/c1-12(19-2,20-3)9-6-4-8(5-7-9)10-17-11(21-18-10)13(14,15)16/h4-7H,1-3H3. The van der Waals surface area contributed by atoms with Crippen molar-refractivity contribution >= 4 is 0 Å². The molecule has 21 heavy (non-hydrogen) atoms. The van der Waals surface area contributed by atoms with Crippen molar-refractivity contribution in [3.63, 3.8) is 0 Å². The fraction of sp³-hybridized carbons (Fsp3) is 0.385. The Morgan fingerprint density at radius 2 is 1.62 bits per heavy atom. The zero-order chi connectivity index (χ0) is 15.7. The first-order valence-corrected chi connectivity index (χ1v) is 5.92. The van der Waals surface area contributed by atoms with Crippen LogP contribution in [0.1, 0.15) is 18.4 Å². The maximum atomic E-state index is 12.4. The van der Waals surface area contributed by atoms with Crippen molar-refractivity contribution in [2.75, 3.05) is 14.2 Å². The molecular weight excluding hydrogens is 289 g/mol. The predicted octanol–water partition coefficient (Wildman–Crippen LogP) is 3.22. The van der Waals surface area contributed by atoms with Crippen LogP contribution in [-0.4, -0.2) is 24.4 Å². The topological polar surface area (TPSA) is 57.4 Å². The van der Waals surface area contributed by atoms with Crippen LogP contribution in [0.15, 0.2) is 28.8 Å². The molecule has 0 saturated heterocycles. The summed E-state index contributed by atoms with van der Waals surface area (Å²) in [6.07, 6.45) is -4.66. The van der Waals surface area contributed by atoms with Crippen molar-refractivity contribution in [1.82, 2.24) is 10.1 Å². The summed E-state index contributed by atoms with van der Waals surface area (Å²) in [5.74, 6) is -2.45. The summed E-state index contributed by atoms with van der Waals surface area (Å²) >= 11 is 0. The van der Waals surface area contributed by atoms with Gasteiger partial charge in [0.25, 0.3) is 0 Å². The van der Waals surface area contributed by atoms with Crippen LogP contribution in [0.4, 0.5) is 13.2 Å². The molecule has 1 aromatic carbocycles. The van der Waals surface area contributed by atoms with Crippen molar-refractivity contribution < 1.29 is 27.2 Å². The Morgan fingerprint density at radius 1 is 1.05 bits per heavy atom. The third-order valence-corrected chi connectivity index (χ3v) is 3.12. The number of ether oxygens (including phenoxy) is 2. The van der Waals surface area contributed by atoms with Crippen molar-refractivity contribution in [2.45, 2.75) is 18.9 Å². The van der Waals surface area contributed by atoms with E-state index < -0.39 is 17.9 Å². The van der Waals surface area contributed by atoms with Crippen LogP contribution < -0.4 is 0 Å². The molecule has 8 heteroatoms. The van der Waals surface area contributed by atoms with Gasteiger partial charge in [0.15, 0.2) is 5.79 Å². The Morgan fingerprint density at radius 3 is 2.05 bits per heavy atom. The normalized spacial score (nSPS) is 12.7. The zero-order valence-corrected chi connectivity index (χ0v) is 11.6. The molecule has 0 spiro atoms. The first-order valence-electron chi connectivity index (χ1n) is 5.92. The average molecular weight is 302 g/mol. The van der Waals surface area contributed by atoms with E-state index in [4.69, 9.17) is 9.47 Å². The molecule has 1 heterocycles. The van der Waals surface area contributed by atoms with Gasteiger partial charge in [-0.25, -0.2) is 0 Å². The molecule has 5 nitrogen and oxygen atoms in total. The number of alkyl halides is 3. The highest BCUT2D eigenvalue weighted by Gasteiger charge is 2.38. The number of benzene rings is 1. The quantitative estimate of drug-likeness (QED) is 0.812. The minimum atomic E-state index is -4.66. The predicted molar refractivity (Wildman–Crippen MR) is 66.1 cm³/mol. The minimum absolute atomic E-state index is 0.134. The number of halogens is 3. The van der Waals surface area contributed by atoms with Gasteiger partial charge in [0.1, 0.15) is 0 Å². The molecule has 2 rings (SSSR count). The summed E-state index contributed by atoms with van der Waals surface area (Å²) in [5.41, 5.74) is 1.10. The lowest BCUT2D eigenvalue weighted by atomic mass is 10.0. The maximum Gasteiger partial charge on any atom is 0.471 e. The highest BCUT2D eigenvalue weighted by atomic mass is 19.4. The fourth-order valence-corrected chi connectivity index (χ4v) is 1.70. The van der Waals surface area contributed by atoms with Crippen LogP contribution in [0.25, 0.3) is 11.4 Å². The summed E-state index contributed by atoms with van der Waals surface area (Å²) in [4.78, 5) is 3.32. The molecule has 2 aromatic rings. The number of nitrogens with zero attached hydrogens (tertiary/aromatic N) is 2. The first kappa shape index (κ1) is 15.5. The summed E-state index contributed by atoms with van der Waals surface area (Å²) in [6, 6.07) is 6.45. The zero-order valence-electron chi connectivity index (χ0n) is 11.6. The van der Waals surface area contributed by atoms with Crippen molar-refractivity contribution in [3.8, 4) is 11.4 Å². The number of aromatic nitrogens is 2. The molecule has 0 N–H and O–H groups in total. The van der Waals surface area contributed by atoms with E-state index in [0.717, 1.165) is 0 Å². The Hall–Kier alpha value is -1.93. The molecule has 114 valence electrons. The largest absolute Gasteiger partial charge is 0.471 e. The molecule has 0 unspecified atom stereocenters. The van der Waals surface area contributed by atoms with Gasteiger partial charge in [-0.3, -0.25) is 0 Å². The fourth-order valence-electron chi connectivity index (χ4n) is 1.70. The smallest absolute Gasteiger partial charge is 0.349 e. The Bertz CT molecular complexity index is 604. The SMILES string of the molecule is COC(C)(OC)c1ccc(-c2noc(C(F)(F)F)n2)cc1. The minimum Gasteiger partial charge on any atom is -0.349 e. The lowest BCUT2D eigenvalue weighted by molar-refractivity contribution is -0.201. The maximum absolute atomic E-state index is 12.4. The van der Waals surface area contributed by atoms with E-state index >= 15 is 0 Å². The lowest BCUT2D eigenvalue weighted by Crippen LogP contribution is -2.26. The van der Waals surface area contributed by atoms with Gasteiger partial charge in [-0.2, -0.15) is 18.2 Å². The van der Waals surface area contributed by atoms with E-state index in [-0.39, 0.29) is 5.82 Å².